The molecule has 1 heterocycles. The minimum absolute atomic E-state index is 0.246. The van der Waals surface area contributed by atoms with Gasteiger partial charge in [-0.15, -0.1) is 0 Å². The third-order valence-electron chi connectivity index (χ3n) is 5.65. The predicted molar refractivity (Wildman–Crippen MR) is 99.2 cm³/mol. The molecule has 6 nitrogen and oxygen atoms in total. The van der Waals surface area contributed by atoms with E-state index in [1.165, 1.54) is 19.4 Å². The summed E-state index contributed by atoms with van der Waals surface area (Å²) in [5.74, 6) is 1.06. The zero-order chi connectivity index (χ0) is 17.6. The number of aliphatic imine (C=N–C) groups is 1. The molecule has 1 aliphatic heterocycles. The van der Waals surface area contributed by atoms with Crippen LogP contribution in [-0.2, 0) is 4.79 Å². The van der Waals surface area contributed by atoms with Gasteiger partial charge >= 0.3 is 0 Å². The maximum Gasteiger partial charge on any atom is 0.230 e. The van der Waals surface area contributed by atoms with Crippen molar-refractivity contribution in [1.82, 2.24) is 20.4 Å². The molecule has 1 saturated carbocycles. The first kappa shape index (κ1) is 19.0. The average Bonchev–Trinajstić information content (AvgIpc) is 3.23. The van der Waals surface area contributed by atoms with Gasteiger partial charge in [0.05, 0.1) is 5.41 Å². The van der Waals surface area contributed by atoms with Crippen LogP contribution in [0.5, 0.6) is 0 Å². The highest BCUT2D eigenvalue weighted by Gasteiger charge is 2.42. The first-order valence-corrected chi connectivity index (χ1v) is 9.43. The fourth-order valence-electron chi connectivity index (χ4n) is 4.22. The summed E-state index contributed by atoms with van der Waals surface area (Å²) in [5.41, 5.74) is -0.260. The van der Waals surface area contributed by atoms with E-state index in [-0.39, 0.29) is 11.3 Å². The standard InChI is InChI=1S/C18H35N5O/c1-5-23-12-8-9-15(23)13-20-17(19-2)21-14-18(10-6-7-11-18)16(24)22(3)4/h15H,5-14H2,1-4H3,(H2,19,20,21). The van der Waals surface area contributed by atoms with E-state index >= 15 is 0 Å². The molecular formula is C18H35N5O. The van der Waals surface area contributed by atoms with Crippen molar-refractivity contribution in [3.05, 3.63) is 0 Å². The molecule has 24 heavy (non-hydrogen) atoms. The van der Waals surface area contributed by atoms with Crippen molar-refractivity contribution in [1.29, 1.82) is 0 Å². The van der Waals surface area contributed by atoms with Crippen LogP contribution >= 0.6 is 0 Å². The Morgan fingerprint density at radius 3 is 2.54 bits per heavy atom. The molecule has 138 valence electrons. The van der Waals surface area contributed by atoms with Gasteiger partial charge in [0.1, 0.15) is 0 Å². The Labute approximate surface area is 147 Å². The summed E-state index contributed by atoms with van der Waals surface area (Å²) < 4.78 is 0. The van der Waals surface area contributed by atoms with Crippen LogP contribution in [0.2, 0.25) is 0 Å². The van der Waals surface area contributed by atoms with Gasteiger partial charge in [0.2, 0.25) is 5.91 Å². The number of rotatable bonds is 6. The Morgan fingerprint density at radius 1 is 1.25 bits per heavy atom. The number of likely N-dealkylation sites (tertiary alicyclic amines) is 1. The average molecular weight is 338 g/mol. The van der Waals surface area contributed by atoms with Gasteiger partial charge in [0.15, 0.2) is 5.96 Å². The molecule has 2 rings (SSSR count). The second-order valence-corrected chi connectivity index (χ2v) is 7.42. The van der Waals surface area contributed by atoms with Gasteiger partial charge in [-0.05, 0) is 38.8 Å². The number of guanidine groups is 1. The van der Waals surface area contributed by atoms with E-state index in [2.05, 4.69) is 27.4 Å². The molecule has 1 unspecified atom stereocenters. The second-order valence-electron chi connectivity index (χ2n) is 7.42. The number of likely N-dealkylation sites (N-methyl/N-ethyl adjacent to an activating group) is 1. The summed E-state index contributed by atoms with van der Waals surface area (Å²) in [7, 11) is 5.51. The van der Waals surface area contributed by atoms with Gasteiger partial charge < -0.3 is 15.5 Å². The summed E-state index contributed by atoms with van der Waals surface area (Å²) in [5, 5.41) is 6.87. The highest BCUT2D eigenvalue weighted by atomic mass is 16.2. The lowest BCUT2D eigenvalue weighted by Crippen LogP contribution is -2.50. The zero-order valence-corrected chi connectivity index (χ0v) is 15.9. The highest BCUT2D eigenvalue weighted by Crippen LogP contribution is 2.38. The van der Waals surface area contributed by atoms with E-state index in [9.17, 15) is 4.79 Å². The molecule has 2 aliphatic rings. The van der Waals surface area contributed by atoms with Crippen molar-refractivity contribution in [2.24, 2.45) is 10.4 Å². The molecule has 1 saturated heterocycles. The van der Waals surface area contributed by atoms with Gasteiger partial charge in [0, 0.05) is 40.3 Å². The monoisotopic (exact) mass is 337 g/mol. The molecule has 0 aromatic carbocycles. The Morgan fingerprint density at radius 2 is 1.96 bits per heavy atom. The number of carbonyl (C=O) groups excluding carboxylic acids is 1. The molecule has 2 fully saturated rings. The van der Waals surface area contributed by atoms with Gasteiger partial charge in [-0.25, -0.2) is 0 Å². The highest BCUT2D eigenvalue weighted by molar-refractivity contribution is 5.85. The Bertz CT molecular complexity index is 443. The second kappa shape index (κ2) is 8.70. The largest absolute Gasteiger partial charge is 0.355 e. The third-order valence-corrected chi connectivity index (χ3v) is 5.65. The lowest BCUT2D eigenvalue weighted by molar-refractivity contribution is -0.138. The molecule has 1 amide bonds. The van der Waals surface area contributed by atoms with Crippen molar-refractivity contribution in [3.8, 4) is 0 Å². The first-order valence-electron chi connectivity index (χ1n) is 9.43. The van der Waals surface area contributed by atoms with E-state index in [0.717, 1.165) is 44.7 Å². The molecule has 1 aliphatic carbocycles. The van der Waals surface area contributed by atoms with Crippen LogP contribution in [-0.4, -0.2) is 75.0 Å². The minimum Gasteiger partial charge on any atom is -0.355 e. The molecule has 0 spiro atoms. The summed E-state index contributed by atoms with van der Waals surface area (Å²) in [6, 6.07) is 0.595. The van der Waals surface area contributed by atoms with Crippen LogP contribution in [0.15, 0.2) is 4.99 Å². The van der Waals surface area contributed by atoms with Gasteiger partial charge in [0.25, 0.3) is 0 Å². The van der Waals surface area contributed by atoms with Crippen molar-refractivity contribution in [3.63, 3.8) is 0 Å². The van der Waals surface area contributed by atoms with Crippen molar-refractivity contribution >= 4 is 11.9 Å². The van der Waals surface area contributed by atoms with E-state index in [1.54, 1.807) is 11.9 Å². The van der Waals surface area contributed by atoms with Crippen LogP contribution in [0.1, 0.15) is 45.4 Å². The molecular weight excluding hydrogens is 302 g/mol. The topological polar surface area (TPSA) is 60.0 Å². The molecule has 0 radical (unpaired) electrons. The fourth-order valence-corrected chi connectivity index (χ4v) is 4.22. The van der Waals surface area contributed by atoms with Crippen LogP contribution < -0.4 is 10.6 Å². The first-order chi connectivity index (χ1) is 11.5. The number of hydrogen-bond donors (Lipinski definition) is 2. The van der Waals surface area contributed by atoms with Crippen LogP contribution in [0.3, 0.4) is 0 Å². The maximum atomic E-state index is 12.6. The molecule has 0 aromatic rings. The van der Waals surface area contributed by atoms with E-state index < -0.39 is 0 Å². The Kier molecular flexibility index (Phi) is 6.90. The van der Waals surface area contributed by atoms with Crippen molar-refractivity contribution in [2.45, 2.75) is 51.5 Å². The summed E-state index contributed by atoms with van der Waals surface area (Å²) in [6.07, 6.45) is 6.76. The zero-order valence-electron chi connectivity index (χ0n) is 15.9. The van der Waals surface area contributed by atoms with Crippen LogP contribution in [0, 0.1) is 5.41 Å². The molecule has 0 bridgehead atoms. The third kappa shape index (κ3) is 4.41. The van der Waals surface area contributed by atoms with Gasteiger partial charge in [-0.2, -0.15) is 0 Å². The lowest BCUT2D eigenvalue weighted by Gasteiger charge is -2.31. The van der Waals surface area contributed by atoms with Crippen LogP contribution in [0.25, 0.3) is 0 Å². The smallest absolute Gasteiger partial charge is 0.230 e. The molecule has 0 aromatic heterocycles. The SMILES string of the molecule is CCN1CCCC1CNC(=NC)NCC1(C(=O)N(C)C)CCCC1. The van der Waals surface area contributed by atoms with Crippen LogP contribution in [0.4, 0.5) is 0 Å². The predicted octanol–water partition coefficient (Wildman–Crippen LogP) is 1.28. The summed E-state index contributed by atoms with van der Waals surface area (Å²) >= 11 is 0. The fraction of sp³-hybridized carbons (Fsp3) is 0.889. The summed E-state index contributed by atoms with van der Waals surface area (Å²) in [4.78, 5) is 21.2. The van der Waals surface area contributed by atoms with E-state index in [4.69, 9.17) is 0 Å². The summed E-state index contributed by atoms with van der Waals surface area (Å²) in [6.45, 7) is 6.13. The number of nitrogens with zero attached hydrogens (tertiary/aromatic N) is 3. The number of carbonyl (C=O) groups is 1. The van der Waals surface area contributed by atoms with E-state index in [1.807, 2.05) is 14.1 Å². The molecule has 1 atom stereocenters. The number of amides is 1. The van der Waals surface area contributed by atoms with Crippen molar-refractivity contribution in [2.75, 3.05) is 47.3 Å². The molecule has 2 N–H and O–H groups in total. The lowest BCUT2D eigenvalue weighted by atomic mass is 9.84. The number of nitrogens with one attached hydrogen (secondary N) is 2. The van der Waals surface area contributed by atoms with Crippen molar-refractivity contribution < 1.29 is 4.79 Å². The number of hydrogen-bond acceptors (Lipinski definition) is 3. The Hall–Kier alpha value is -1.30. The van der Waals surface area contributed by atoms with Gasteiger partial charge in [-0.1, -0.05) is 19.8 Å². The van der Waals surface area contributed by atoms with E-state index in [0.29, 0.717) is 12.6 Å². The van der Waals surface area contributed by atoms with Gasteiger partial charge in [-0.3, -0.25) is 14.7 Å². The normalized spacial score (nSPS) is 24.2. The minimum atomic E-state index is -0.260. The Balaban J connectivity index is 1.87. The maximum absolute atomic E-state index is 12.6. The quantitative estimate of drug-likeness (QED) is 0.566. The molecule has 6 heteroatoms.